The molecule has 2 aromatic carbocycles. The Hall–Kier alpha value is -2.37. The summed E-state index contributed by atoms with van der Waals surface area (Å²) in [4.78, 5) is 8.61. The van der Waals surface area contributed by atoms with Gasteiger partial charge in [0.15, 0.2) is 0 Å². The van der Waals surface area contributed by atoms with E-state index in [0.717, 1.165) is 15.9 Å². The Morgan fingerprint density at radius 2 is 1.95 bits per heavy atom. The molecule has 0 aliphatic carbocycles. The molecule has 0 radical (unpaired) electrons. The largest absolute Gasteiger partial charge is 0.386 e. The Kier molecular flexibility index (Phi) is 3.29. The summed E-state index contributed by atoms with van der Waals surface area (Å²) < 4.78 is 1.19. The minimum absolute atomic E-state index is 0.423. The molecule has 1 atom stereocenters. The Morgan fingerprint density at radius 1 is 1.14 bits per heavy atom. The van der Waals surface area contributed by atoms with Crippen molar-refractivity contribution in [2.24, 2.45) is 0 Å². The first-order valence-corrected chi connectivity index (χ1v) is 7.96. The molecule has 2 aromatic heterocycles. The van der Waals surface area contributed by atoms with Gasteiger partial charge in [-0.2, -0.15) is 0 Å². The van der Waals surface area contributed by atoms with Gasteiger partial charge >= 0.3 is 0 Å². The number of hydrogen-bond acceptors (Lipinski definition) is 4. The second kappa shape index (κ2) is 5.44. The number of aromatic amines is 1. The highest BCUT2D eigenvalue weighted by Crippen LogP contribution is 2.29. The highest BCUT2D eigenvalue weighted by atomic mass is 32.1. The summed E-state index contributed by atoms with van der Waals surface area (Å²) >= 11 is 1.62. The molecule has 0 aliphatic rings. The number of nitrogens with one attached hydrogen (secondary N) is 2. The SMILES string of the molecule is OC(CNc1nc2ccccc2[nH]1)c1cc2ccccc2s1. The number of H-pyrrole nitrogens is 1. The third kappa shape index (κ3) is 2.45. The van der Waals surface area contributed by atoms with Gasteiger partial charge in [-0.15, -0.1) is 11.3 Å². The Labute approximate surface area is 131 Å². The summed E-state index contributed by atoms with van der Waals surface area (Å²) in [5, 5.41) is 14.7. The van der Waals surface area contributed by atoms with Gasteiger partial charge in [-0.25, -0.2) is 4.98 Å². The summed E-state index contributed by atoms with van der Waals surface area (Å²) in [6.07, 6.45) is -0.550. The van der Waals surface area contributed by atoms with Gasteiger partial charge < -0.3 is 15.4 Å². The van der Waals surface area contributed by atoms with Crippen molar-refractivity contribution in [3.63, 3.8) is 0 Å². The second-order valence-corrected chi connectivity index (χ2v) is 6.30. The van der Waals surface area contributed by atoms with Gasteiger partial charge in [0.2, 0.25) is 5.95 Å². The number of fused-ring (bicyclic) bond motifs is 2. The summed E-state index contributed by atoms with van der Waals surface area (Å²) in [6.45, 7) is 0.423. The van der Waals surface area contributed by atoms with Crippen LogP contribution in [0.5, 0.6) is 0 Å². The number of aromatic nitrogens is 2. The van der Waals surface area contributed by atoms with Gasteiger partial charge in [-0.1, -0.05) is 30.3 Å². The summed E-state index contributed by atoms with van der Waals surface area (Å²) in [5.41, 5.74) is 1.91. The van der Waals surface area contributed by atoms with Crippen LogP contribution in [0.25, 0.3) is 21.1 Å². The predicted molar refractivity (Wildman–Crippen MR) is 91.4 cm³/mol. The van der Waals surface area contributed by atoms with E-state index in [2.05, 4.69) is 27.4 Å². The van der Waals surface area contributed by atoms with E-state index >= 15 is 0 Å². The molecule has 4 aromatic rings. The van der Waals surface area contributed by atoms with Crippen LogP contribution in [0.15, 0.2) is 54.6 Å². The molecule has 4 rings (SSSR count). The number of para-hydroxylation sites is 2. The van der Waals surface area contributed by atoms with Gasteiger partial charge in [-0.3, -0.25) is 0 Å². The third-order valence-electron chi connectivity index (χ3n) is 3.63. The zero-order valence-corrected chi connectivity index (χ0v) is 12.6. The van der Waals surface area contributed by atoms with E-state index in [1.807, 2.05) is 42.5 Å². The molecule has 0 fully saturated rings. The van der Waals surface area contributed by atoms with Crippen molar-refractivity contribution in [1.29, 1.82) is 0 Å². The zero-order chi connectivity index (χ0) is 14.9. The van der Waals surface area contributed by atoms with Crippen molar-refractivity contribution in [3.05, 3.63) is 59.5 Å². The van der Waals surface area contributed by atoms with E-state index in [1.54, 1.807) is 11.3 Å². The van der Waals surface area contributed by atoms with Crippen LogP contribution >= 0.6 is 11.3 Å². The fraction of sp³-hybridized carbons (Fsp3) is 0.118. The van der Waals surface area contributed by atoms with Crippen LogP contribution in [0.3, 0.4) is 0 Å². The topological polar surface area (TPSA) is 60.9 Å². The maximum absolute atomic E-state index is 10.4. The molecule has 0 spiro atoms. The first kappa shape index (κ1) is 13.3. The van der Waals surface area contributed by atoms with Crippen molar-refractivity contribution in [2.75, 3.05) is 11.9 Å². The van der Waals surface area contributed by atoms with Crippen LogP contribution < -0.4 is 5.32 Å². The zero-order valence-electron chi connectivity index (χ0n) is 11.8. The summed E-state index contributed by atoms with van der Waals surface area (Å²) in [6, 6.07) is 18.1. The van der Waals surface area contributed by atoms with E-state index in [0.29, 0.717) is 12.5 Å². The molecular weight excluding hydrogens is 294 g/mol. The van der Waals surface area contributed by atoms with E-state index in [-0.39, 0.29) is 0 Å². The van der Waals surface area contributed by atoms with Crippen LogP contribution in [0.4, 0.5) is 5.95 Å². The molecule has 22 heavy (non-hydrogen) atoms. The number of aliphatic hydroxyl groups is 1. The maximum Gasteiger partial charge on any atom is 0.201 e. The normalized spacial score (nSPS) is 12.8. The van der Waals surface area contributed by atoms with Gasteiger partial charge in [-0.05, 0) is 29.7 Å². The average Bonchev–Trinajstić information content (AvgIpc) is 3.15. The average molecular weight is 309 g/mol. The Bertz CT molecular complexity index is 862. The number of thiophene rings is 1. The van der Waals surface area contributed by atoms with Crippen molar-refractivity contribution in [2.45, 2.75) is 6.10 Å². The Balaban J connectivity index is 1.50. The highest BCUT2D eigenvalue weighted by molar-refractivity contribution is 7.19. The van der Waals surface area contributed by atoms with E-state index < -0.39 is 6.10 Å². The van der Waals surface area contributed by atoms with Crippen molar-refractivity contribution >= 4 is 38.4 Å². The smallest absolute Gasteiger partial charge is 0.201 e. The number of imidazole rings is 1. The minimum atomic E-state index is -0.550. The molecule has 0 amide bonds. The van der Waals surface area contributed by atoms with Gasteiger partial charge in [0.25, 0.3) is 0 Å². The number of rotatable bonds is 4. The molecule has 110 valence electrons. The first-order valence-electron chi connectivity index (χ1n) is 7.15. The lowest BCUT2D eigenvalue weighted by atomic mass is 10.2. The summed E-state index contributed by atoms with van der Waals surface area (Å²) in [5.74, 6) is 0.682. The van der Waals surface area contributed by atoms with Crippen LogP contribution in [0.1, 0.15) is 11.0 Å². The van der Waals surface area contributed by atoms with Crippen molar-refractivity contribution in [1.82, 2.24) is 9.97 Å². The first-order chi connectivity index (χ1) is 10.8. The number of anilines is 1. The molecular formula is C17H15N3OS. The quantitative estimate of drug-likeness (QED) is 0.535. The van der Waals surface area contributed by atoms with Crippen molar-refractivity contribution < 1.29 is 5.11 Å². The number of nitrogens with zero attached hydrogens (tertiary/aromatic N) is 1. The molecule has 2 heterocycles. The van der Waals surface area contributed by atoms with Crippen LogP contribution in [-0.2, 0) is 0 Å². The monoisotopic (exact) mass is 309 g/mol. The van der Waals surface area contributed by atoms with Gasteiger partial charge in [0.05, 0.1) is 11.0 Å². The van der Waals surface area contributed by atoms with Crippen LogP contribution in [-0.4, -0.2) is 21.6 Å². The molecule has 3 N–H and O–H groups in total. The number of hydrogen-bond donors (Lipinski definition) is 3. The molecule has 1 unspecified atom stereocenters. The molecule has 5 heteroatoms. The third-order valence-corrected chi connectivity index (χ3v) is 4.84. The van der Waals surface area contributed by atoms with Crippen molar-refractivity contribution in [3.8, 4) is 0 Å². The lowest BCUT2D eigenvalue weighted by Crippen LogP contribution is -2.11. The summed E-state index contributed by atoms with van der Waals surface area (Å²) in [7, 11) is 0. The molecule has 0 bridgehead atoms. The number of benzene rings is 2. The standard InChI is InChI=1S/C17H15N3OS/c21-14(16-9-11-5-1-4-8-15(11)22-16)10-18-17-19-12-6-2-3-7-13(12)20-17/h1-9,14,21H,10H2,(H2,18,19,20). The fourth-order valence-electron chi connectivity index (χ4n) is 2.50. The highest BCUT2D eigenvalue weighted by Gasteiger charge is 2.12. The van der Waals surface area contributed by atoms with Gasteiger partial charge in [0.1, 0.15) is 6.10 Å². The fourth-order valence-corrected chi connectivity index (χ4v) is 3.55. The molecule has 4 nitrogen and oxygen atoms in total. The van der Waals surface area contributed by atoms with E-state index in [4.69, 9.17) is 0 Å². The molecule has 0 saturated heterocycles. The van der Waals surface area contributed by atoms with E-state index in [9.17, 15) is 5.11 Å². The molecule has 0 aliphatic heterocycles. The molecule has 0 saturated carbocycles. The minimum Gasteiger partial charge on any atom is -0.386 e. The maximum atomic E-state index is 10.4. The lowest BCUT2D eigenvalue weighted by Gasteiger charge is -2.08. The van der Waals surface area contributed by atoms with Crippen LogP contribution in [0, 0.1) is 0 Å². The second-order valence-electron chi connectivity index (χ2n) is 5.19. The lowest BCUT2D eigenvalue weighted by molar-refractivity contribution is 0.195. The number of aliphatic hydroxyl groups excluding tert-OH is 1. The van der Waals surface area contributed by atoms with Gasteiger partial charge in [0, 0.05) is 16.1 Å². The van der Waals surface area contributed by atoms with E-state index in [1.165, 1.54) is 10.1 Å². The Morgan fingerprint density at radius 3 is 2.82 bits per heavy atom. The predicted octanol–water partition coefficient (Wildman–Crippen LogP) is 3.92. The van der Waals surface area contributed by atoms with Crippen LogP contribution in [0.2, 0.25) is 0 Å².